The fourth-order valence-electron chi connectivity index (χ4n) is 2.75. The van der Waals surface area contributed by atoms with Gasteiger partial charge in [-0.2, -0.15) is 5.10 Å². The average Bonchev–Trinajstić information content (AvgIpc) is 2.88. The first kappa shape index (κ1) is 18.0. The van der Waals surface area contributed by atoms with Crippen LogP contribution in [0.3, 0.4) is 0 Å². The lowest BCUT2D eigenvalue weighted by molar-refractivity contribution is 0.675. The summed E-state index contributed by atoms with van der Waals surface area (Å²) >= 11 is 12.5. The second-order valence-electron chi connectivity index (χ2n) is 6.05. The standard InChI is InChI=1S/C20H21Cl2N3/c1-15-19(13-23-12-11-16-5-3-2-4-6-16)20(22)25(24-15)14-17-7-9-18(21)10-8-17/h2-10,23H,11-14H2,1H3. The Morgan fingerprint density at radius 3 is 2.40 bits per heavy atom. The zero-order chi connectivity index (χ0) is 17.6. The molecule has 0 spiro atoms. The third-order valence-electron chi connectivity index (χ3n) is 4.16. The number of hydrogen-bond acceptors (Lipinski definition) is 2. The minimum absolute atomic E-state index is 0.640. The molecular weight excluding hydrogens is 353 g/mol. The van der Waals surface area contributed by atoms with Gasteiger partial charge in [0, 0.05) is 17.1 Å². The van der Waals surface area contributed by atoms with Gasteiger partial charge in [0.2, 0.25) is 0 Å². The molecule has 1 heterocycles. The topological polar surface area (TPSA) is 29.9 Å². The van der Waals surface area contributed by atoms with Gasteiger partial charge in [-0.15, -0.1) is 0 Å². The molecule has 0 aliphatic carbocycles. The summed E-state index contributed by atoms with van der Waals surface area (Å²) in [5.41, 5.74) is 4.48. The number of nitrogens with one attached hydrogen (secondary N) is 1. The van der Waals surface area contributed by atoms with Crippen LogP contribution in [0, 0.1) is 6.92 Å². The van der Waals surface area contributed by atoms with E-state index < -0.39 is 0 Å². The molecule has 0 bridgehead atoms. The van der Waals surface area contributed by atoms with Gasteiger partial charge in [0.1, 0.15) is 5.15 Å². The van der Waals surface area contributed by atoms with Gasteiger partial charge in [0.25, 0.3) is 0 Å². The van der Waals surface area contributed by atoms with Crippen molar-refractivity contribution in [1.82, 2.24) is 15.1 Å². The quantitative estimate of drug-likeness (QED) is 0.598. The predicted molar refractivity (Wildman–Crippen MR) is 104 cm³/mol. The Bertz CT molecular complexity index is 811. The van der Waals surface area contributed by atoms with Gasteiger partial charge in [-0.3, -0.25) is 0 Å². The third-order valence-corrected chi connectivity index (χ3v) is 4.84. The van der Waals surface area contributed by atoms with Crippen LogP contribution < -0.4 is 5.32 Å². The Balaban J connectivity index is 1.58. The van der Waals surface area contributed by atoms with Gasteiger partial charge >= 0.3 is 0 Å². The van der Waals surface area contributed by atoms with Gasteiger partial charge in [-0.1, -0.05) is 65.7 Å². The lowest BCUT2D eigenvalue weighted by atomic mass is 10.1. The van der Waals surface area contributed by atoms with Gasteiger partial charge in [-0.25, -0.2) is 4.68 Å². The maximum atomic E-state index is 6.54. The average molecular weight is 374 g/mol. The third kappa shape index (κ3) is 4.85. The minimum atomic E-state index is 0.640. The molecule has 0 unspecified atom stereocenters. The summed E-state index contributed by atoms with van der Waals surface area (Å²) in [6, 6.07) is 18.2. The molecule has 5 heteroatoms. The smallest absolute Gasteiger partial charge is 0.132 e. The Morgan fingerprint density at radius 2 is 1.68 bits per heavy atom. The summed E-state index contributed by atoms with van der Waals surface area (Å²) in [4.78, 5) is 0. The maximum absolute atomic E-state index is 6.54. The largest absolute Gasteiger partial charge is 0.312 e. The van der Waals surface area contributed by atoms with E-state index in [9.17, 15) is 0 Å². The minimum Gasteiger partial charge on any atom is -0.312 e. The summed E-state index contributed by atoms with van der Waals surface area (Å²) in [6.45, 7) is 4.26. The van der Waals surface area contributed by atoms with Crippen LogP contribution in [0.1, 0.15) is 22.4 Å². The van der Waals surface area contributed by atoms with Crippen molar-refractivity contribution in [2.45, 2.75) is 26.4 Å². The van der Waals surface area contributed by atoms with Crippen LogP contribution in [0.15, 0.2) is 54.6 Å². The van der Waals surface area contributed by atoms with Crippen molar-refractivity contribution < 1.29 is 0 Å². The fourth-order valence-corrected chi connectivity index (χ4v) is 3.18. The van der Waals surface area contributed by atoms with E-state index in [1.54, 1.807) is 0 Å². The second kappa shape index (κ2) is 8.52. The van der Waals surface area contributed by atoms with E-state index in [0.29, 0.717) is 11.7 Å². The van der Waals surface area contributed by atoms with Crippen molar-refractivity contribution in [3.63, 3.8) is 0 Å². The summed E-state index contributed by atoms with van der Waals surface area (Å²) in [5, 5.41) is 9.46. The lowest BCUT2D eigenvalue weighted by Gasteiger charge is -2.06. The number of hydrogen-bond donors (Lipinski definition) is 1. The van der Waals surface area contributed by atoms with Gasteiger partial charge in [0.05, 0.1) is 12.2 Å². The van der Waals surface area contributed by atoms with Crippen molar-refractivity contribution in [2.75, 3.05) is 6.54 Å². The van der Waals surface area contributed by atoms with Crippen molar-refractivity contribution in [2.24, 2.45) is 0 Å². The Kier molecular flexibility index (Phi) is 6.14. The van der Waals surface area contributed by atoms with E-state index in [0.717, 1.165) is 41.4 Å². The molecule has 0 saturated carbocycles. The number of halogens is 2. The molecule has 2 aromatic carbocycles. The van der Waals surface area contributed by atoms with Crippen molar-refractivity contribution in [3.8, 4) is 0 Å². The highest BCUT2D eigenvalue weighted by molar-refractivity contribution is 6.30. The molecule has 3 rings (SSSR count). The molecule has 0 saturated heterocycles. The number of nitrogens with zero attached hydrogens (tertiary/aromatic N) is 2. The molecule has 1 N–H and O–H groups in total. The maximum Gasteiger partial charge on any atom is 0.132 e. The van der Waals surface area contributed by atoms with E-state index in [4.69, 9.17) is 23.2 Å². The van der Waals surface area contributed by atoms with Crippen LogP contribution in [0.2, 0.25) is 10.2 Å². The van der Waals surface area contributed by atoms with E-state index in [-0.39, 0.29) is 0 Å². The highest BCUT2D eigenvalue weighted by Gasteiger charge is 2.13. The zero-order valence-electron chi connectivity index (χ0n) is 14.2. The monoisotopic (exact) mass is 373 g/mol. The van der Waals surface area contributed by atoms with Crippen LogP contribution >= 0.6 is 23.2 Å². The van der Waals surface area contributed by atoms with E-state index in [2.05, 4.69) is 34.7 Å². The van der Waals surface area contributed by atoms with Crippen molar-refractivity contribution in [1.29, 1.82) is 0 Å². The molecule has 0 aliphatic heterocycles. The lowest BCUT2D eigenvalue weighted by Crippen LogP contribution is -2.17. The van der Waals surface area contributed by atoms with Gasteiger partial charge < -0.3 is 5.32 Å². The van der Waals surface area contributed by atoms with Crippen molar-refractivity contribution >= 4 is 23.2 Å². The Hall–Kier alpha value is -1.81. The fraction of sp³-hybridized carbons (Fsp3) is 0.250. The zero-order valence-corrected chi connectivity index (χ0v) is 15.7. The van der Waals surface area contributed by atoms with Crippen LogP contribution in [-0.2, 0) is 19.5 Å². The molecule has 1 aromatic heterocycles. The normalized spacial score (nSPS) is 11.0. The molecule has 25 heavy (non-hydrogen) atoms. The molecule has 3 aromatic rings. The molecule has 3 nitrogen and oxygen atoms in total. The first-order chi connectivity index (χ1) is 12.1. The molecule has 0 aliphatic rings. The summed E-state index contributed by atoms with van der Waals surface area (Å²) in [7, 11) is 0. The Morgan fingerprint density at radius 1 is 0.960 bits per heavy atom. The van der Waals surface area contributed by atoms with Gasteiger partial charge in [-0.05, 0) is 43.1 Å². The molecule has 0 radical (unpaired) electrons. The summed E-state index contributed by atoms with van der Waals surface area (Å²) < 4.78 is 1.84. The highest BCUT2D eigenvalue weighted by Crippen LogP contribution is 2.21. The number of benzene rings is 2. The Labute approximate surface area is 158 Å². The molecular formula is C20H21Cl2N3. The number of aromatic nitrogens is 2. The predicted octanol–water partition coefficient (Wildman–Crippen LogP) is 4.88. The number of rotatable bonds is 7. The van der Waals surface area contributed by atoms with E-state index in [1.165, 1.54) is 5.56 Å². The SMILES string of the molecule is Cc1nn(Cc2ccc(Cl)cc2)c(Cl)c1CNCCc1ccccc1. The van der Waals surface area contributed by atoms with E-state index in [1.807, 2.05) is 41.9 Å². The number of aryl methyl sites for hydroxylation is 1. The highest BCUT2D eigenvalue weighted by atomic mass is 35.5. The van der Waals surface area contributed by atoms with E-state index >= 15 is 0 Å². The summed E-state index contributed by atoms with van der Waals surface area (Å²) in [5.74, 6) is 0. The van der Waals surface area contributed by atoms with Crippen LogP contribution in [0.4, 0.5) is 0 Å². The molecule has 0 amide bonds. The van der Waals surface area contributed by atoms with Gasteiger partial charge in [0.15, 0.2) is 0 Å². The van der Waals surface area contributed by atoms with Crippen LogP contribution in [-0.4, -0.2) is 16.3 Å². The molecule has 0 fully saturated rings. The van der Waals surface area contributed by atoms with Crippen LogP contribution in [0.25, 0.3) is 0 Å². The summed E-state index contributed by atoms with van der Waals surface area (Å²) in [6.07, 6.45) is 0.996. The first-order valence-corrected chi connectivity index (χ1v) is 9.10. The molecule has 130 valence electrons. The van der Waals surface area contributed by atoms with Crippen LogP contribution in [0.5, 0.6) is 0 Å². The molecule has 0 atom stereocenters. The van der Waals surface area contributed by atoms with Crippen molar-refractivity contribution in [3.05, 3.63) is 87.2 Å². The second-order valence-corrected chi connectivity index (χ2v) is 6.85. The first-order valence-electron chi connectivity index (χ1n) is 8.34.